The van der Waals surface area contributed by atoms with Gasteiger partial charge in [-0.05, 0) is 134 Å². The lowest BCUT2D eigenvalue weighted by Crippen LogP contribution is -2.46. The quantitative estimate of drug-likeness (QED) is 0.195. The Balaban J connectivity index is 1.42. The second kappa shape index (κ2) is 16.9. The predicted octanol–water partition coefficient (Wildman–Crippen LogP) is 5.87. The average molecular weight is 697 g/mol. The monoisotopic (exact) mass is 696 g/mol. The van der Waals surface area contributed by atoms with E-state index < -0.39 is 24.3 Å². The second-order valence-corrected chi connectivity index (χ2v) is 15.7. The van der Waals surface area contributed by atoms with E-state index in [4.69, 9.17) is 24.7 Å². The van der Waals surface area contributed by atoms with E-state index in [0.717, 1.165) is 48.8 Å². The minimum Gasteiger partial charge on any atom is -0.504 e. The number of carbonyl (C=O) groups excluding carboxylic acids is 2. The van der Waals surface area contributed by atoms with Crippen LogP contribution < -0.4 is 15.8 Å². The molecule has 5 N–H and O–H groups in total. The molecule has 5 rings (SSSR count). The van der Waals surface area contributed by atoms with Crippen LogP contribution in [-0.2, 0) is 30.2 Å². The first-order valence-corrected chi connectivity index (χ1v) is 18.7. The number of ether oxygens (including phenoxy) is 4. The molecule has 2 bridgehead atoms. The van der Waals surface area contributed by atoms with Gasteiger partial charge in [0.1, 0.15) is 12.2 Å². The molecule has 1 aliphatic heterocycles. The highest BCUT2D eigenvalue weighted by molar-refractivity contribution is 5.79. The zero-order chi connectivity index (χ0) is 36.1. The Morgan fingerprint density at radius 3 is 2.40 bits per heavy atom. The van der Waals surface area contributed by atoms with E-state index in [2.05, 4.69) is 19.2 Å². The van der Waals surface area contributed by atoms with Gasteiger partial charge in [0.25, 0.3) is 0 Å². The Bertz CT molecular complexity index is 1410. The van der Waals surface area contributed by atoms with Crippen LogP contribution in [0.4, 0.5) is 0 Å². The van der Waals surface area contributed by atoms with Crippen molar-refractivity contribution in [3.8, 4) is 11.5 Å². The smallest absolute Gasteiger partial charge is 0.302 e. The number of allylic oxidation sites excluding steroid dienone is 2. The van der Waals surface area contributed by atoms with Crippen molar-refractivity contribution in [2.75, 3.05) is 20.8 Å². The van der Waals surface area contributed by atoms with E-state index in [1.807, 2.05) is 18.2 Å². The SMILES string of the molecule is COc1cc(CC[C@H](C[C@@H](OC(C)=O)[C@H]2C[C@@H]3C[C@H]4[C@H](CC[C@H](OC)C[C@@H]4[C@@H](O)C2)C[C@@H]3C(C)C)OC(C)=O)c(C2=CCNC(N)=C2)cc1O. The van der Waals surface area contributed by atoms with E-state index >= 15 is 0 Å². The number of hydrogen-bond acceptors (Lipinski definition) is 10. The lowest BCUT2D eigenvalue weighted by atomic mass is 9.56. The summed E-state index contributed by atoms with van der Waals surface area (Å²) in [5, 5.41) is 25.7. The van der Waals surface area contributed by atoms with Crippen LogP contribution in [0.5, 0.6) is 11.5 Å². The van der Waals surface area contributed by atoms with Crippen LogP contribution in [0.15, 0.2) is 30.1 Å². The molecule has 0 saturated heterocycles. The number of phenolic OH excluding ortho intramolecular Hbond substituents is 1. The summed E-state index contributed by atoms with van der Waals surface area (Å²) < 4.78 is 23.4. The fourth-order valence-corrected chi connectivity index (χ4v) is 9.88. The highest BCUT2D eigenvalue weighted by Gasteiger charge is 2.49. The number of carbonyl (C=O) groups is 2. The van der Waals surface area contributed by atoms with Gasteiger partial charge in [-0.1, -0.05) is 19.9 Å². The molecule has 278 valence electrons. The number of phenols is 1. The first-order valence-electron chi connectivity index (χ1n) is 18.7. The molecular formula is C40H60N2O8. The van der Waals surface area contributed by atoms with Gasteiger partial charge < -0.3 is 40.2 Å². The van der Waals surface area contributed by atoms with Gasteiger partial charge in [-0.15, -0.1) is 0 Å². The van der Waals surface area contributed by atoms with Gasteiger partial charge in [-0.2, -0.15) is 0 Å². The molecule has 10 heteroatoms. The number of nitrogens with one attached hydrogen (secondary N) is 1. The molecule has 0 radical (unpaired) electrons. The van der Waals surface area contributed by atoms with Crippen molar-refractivity contribution in [2.24, 2.45) is 47.2 Å². The number of aliphatic hydroxyl groups excluding tert-OH is 1. The zero-order valence-corrected chi connectivity index (χ0v) is 30.9. The van der Waals surface area contributed by atoms with E-state index in [1.54, 1.807) is 13.2 Å². The first kappa shape index (κ1) is 38.0. The maximum Gasteiger partial charge on any atom is 0.302 e. The third kappa shape index (κ3) is 9.15. The van der Waals surface area contributed by atoms with Crippen LogP contribution in [0.25, 0.3) is 5.57 Å². The van der Waals surface area contributed by atoms with Gasteiger partial charge in [0.2, 0.25) is 0 Å². The van der Waals surface area contributed by atoms with Crippen molar-refractivity contribution in [3.63, 3.8) is 0 Å². The van der Waals surface area contributed by atoms with Gasteiger partial charge in [-0.25, -0.2) is 0 Å². The van der Waals surface area contributed by atoms with Crippen LogP contribution in [0.3, 0.4) is 0 Å². The number of rotatable bonds is 12. The molecule has 4 aliphatic rings. The van der Waals surface area contributed by atoms with E-state index in [-0.39, 0.29) is 29.7 Å². The molecule has 0 unspecified atom stereocenters. The van der Waals surface area contributed by atoms with Gasteiger partial charge in [0.15, 0.2) is 11.5 Å². The van der Waals surface area contributed by atoms with Crippen molar-refractivity contribution in [1.82, 2.24) is 5.32 Å². The number of hydrogen-bond donors (Lipinski definition) is 4. The highest BCUT2D eigenvalue weighted by atomic mass is 16.6. The average Bonchev–Trinajstić information content (AvgIpc) is 3.23. The van der Waals surface area contributed by atoms with E-state index in [9.17, 15) is 19.8 Å². The summed E-state index contributed by atoms with van der Waals surface area (Å²) in [6.45, 7) is 8.05. The summed E-state index contributed by atoms with van der Waals surface area (Å²) in [5.74, 6) is 2.81. The normalized spacial score (nSPS) is 30.7. The molecule has 1 heterocycles. The maximum atomic E-state index is 12.7. The van der Waals surface area contributed by atoms with Crippen molar-refractivity contribution in [1.29, 1.82) is 0 Å². The number of aliphatic hydroxyl groups is 1. The number of nitrogens with two attached hydrogens (primary N) is 1. The molecule has 0 spiro atoms. The number of benzene rings is 1. The number of aryl methyl sites for hydroxylation is 1. The largest absolute Gasteiger partial charge is 0.504 e. The minimum atomic E-state index is -0.546. The van der Waals surface area contributed by atoms with Crippen LogP contribution in [-0.4, -0.2) is 67.3 Å². The number of dihydropyridines is 1. The molecular weight excluding hydrogens is 636 g/mol. The Kier molecular flexibility index (Phi) is 12.8. The van der Waals surface area contributed by atoms with Gasteiger partial charge >= 0.3 is 11.9 Å². The fraction of sp³-hybridized carbons (Fsp3) is 0.700. The summed E-state index contributed by atoms with van der Waals surface area (Å²) >= 11 is 0. The fourth-order valence-electron chi connectivity index (χ4n) is 9.88. The Hall–Kier alpha value is -3.24. The molecule has 3 saturated carbocycles. The van der Waals surface area contributed by atoms with Crippen molar-refractivity contribution in [2.45, 2.75) is 116 Å². The molecule has 10 nitrogen and oxygen atoms in total. The van der Waals surface area contributed by atoms with Gasteiger partial charge in [0, 0.05) is 33.9 Å². The van der Waals surface area contributed by atoms with Gasteiger partial charge in [0.05, 0.1) is 25.1 Å². The lowest BCUT2D eigenvalue weighted by Gasteiger charge is -2.50. The van der Waals surface area contributed by atoms with Crippen LogP contribution in [0, 0.1) is 41.4 Å². The minimum absolute atomic E-state index is 0.0217. The lowest BCUT2D eigenvalue weighted by molar-refractivity contribution is -0.158. The number of methoxy groups -OCH3 is 2. The van der Waals surface area contributed by atoms with E-state index in [0.29, 0.717) is 73.4 Å². The van der Waals surface area contributed by atoms with Crippen LogP contribution in [0.2, 0.25) is 0 Å². The first-order chi connectivity index (χ1) is 23.9. The van der Waals surface area contributed by atoms with Crippen LogP contribution >= 0.6 is 0 Å². The van der Waals surface area contributed by atoms with Crippen molar-refractivity contribution >= 4 is 17.5 Å². The Morgan fingerprint density at radius 2 is 1.74 bits per heavy atom. The highest BCUT2D eigenvalue weighted by Crippen LogP contribution is 2.54. The molecule has 0 amide bonds. The molecule has 1 aromatic rings. The third-order valence-electron chi connectivity index (χ3n) is 12.2. The number of esters is 2. The topological polar surface area (TPSA) is 150 Å². The number of fused-ring (bicyclic) bond motifs is 1. The molecule has 0 aromatic heterocycles. The molecule has 3 fully saturated rings. The summed E-state index contributed by atoms with van der Waals surface area (Å²) in [6, 6.07) is 3.50. The molecule has 10 atom stereocenters. The molecule has 50 heavy (non-hydrogen) atoms. The second-order valence-electron chi connectivity index (χ2n) is 15.7. The summed E-state index contributed by atoms with van der Waals surface area (Å²) in [4.78, 5) is 25.2. The Morgan fingerprint density at radius 1 is 0.980 bits per heavy atom. The van der Waals surface area contributed by atoms with Gasteiger partial charge in [-0.3, -0.25) is 9.59 Å². The standard InChI is InChI=1S/C40H60N2O8/c1-22(2)32-14-25-7-9-30(47-5)19-35-34(25)15-28(32)13-29(16-36(35)45)38(50-24(4)44)20-31(49-23(3)43)10-8-26-17-39(48-6)37(46)21-33(26)27-11-12-42-40(41)18-27/h11,17-18,21-22,25,28-32,34-36,38,42,45-46H,7-10,12-16,19-20,41H2,1-6H3/t25-,28-,29+,30+,31-,32-,34+,35+,36+,38-/m1/s1. The van der Waals surface area contributed by atoms with Crippen molar-refractivity contribution < 1.29 is 38.7 Å². The van der Waals surface area contributed by atoms with E-state index in [1.165, 1.54) is 27.4 Å². The zero-order valence-electron chi connectivity index (χ0n) is 30.9. The molecule has 3 aliphatic carbocycles. The van der Waals surface area contributed by atoms with Crippen LogP contribution in [0.1, 0.15) is 96.6 Å². The summed E-state index contributed by atoms with van der Waals surface area (Å²) in [7, 11) is 3.30. The van der Waals surface area contributed by atoms with Crippen molar-refractivity contribution in [3.05, 3.63) is 41.2 Å². The summed E-state index contributed by atoms with van der Waals surface area (Å²) in [5.41, 5.74) is 8.68. The maximum absolute atomic E-state index is 12.7. The summed E-state index contributed by atoms with van der Waals surface area (Å²) in [6.07, 6.45) is 10.4. The number of aromatic hydroxyl groups is 1. The Labute approximate surface area is 298 Å². The third-order valence-corrected chi connectivity index (χ3v) is 12.2. The predicted molar refractivity (Wildman–Crippen MR) is 192 cm³/mol. The molecule has 1 aromatic carbocycles.